The van der Waals surface area contributed by atoms with E-state index in [1.165, 1.54) is 30.4 Å². The highest BCUT2D eigenvalue weighted by atomic mass is 32.2. The van der Waals surface area contributed by atoms with E-state index in [1.807, 2.05) is 0 Å². The minimum atomic E-state index is -0.235. The zero-order chi connectivity index (χ0) is 16.1. The first-order chi connectivity index (χ1) is 10.5. The topological polar surface area (TPSA) is 72.0 Å². The summed E-state index contributed by atoms with van der Waals surface area (Å²) in [5.74, 6) is 1.50. The van der Waals surface area contributed by atoms with Gasteiger partial charge in [0.25, 0.3) is 5.56 Å². The van der Waals surface area contributed by atoms with Gasteiger partial charge < -0.3 is 9.72 Å². The van der Waals surface area contributed by atoms with Crippen LogP contribution in [0.4, 0.5) is 0 Å². The van der Waals surface area contributed by atoms with Crippen molar-refractivity contribution in [3.8, 4) is 0 Å². The summed E-state index contributed by atoms with van der Waals surface area (Å²) >= 11 is 1.20. The molecule has 122 valence electrons. The van der Waals surface area contributed by atoms with E-state index in [0.717, 1.165) is 12.8 Å². The van der Waals surface area contributed by atoms with Crippen LogP contribution in [0.3, 0.4) is 0 Å². The Bertz CT molecular complexity index is 558. The van der Waals surface area contributed by atoms with Crippen molar-refractivity contribution in [2.45, 2.75) is 51.3 Å². The number of carbonyl (C=O) groups excluding carboxylic acids is 1. The van der Waals surface area contributed by atoms with Gasteiger partial charge in [0.2, 0.25) is 0 Å². The van der Waals surface area contributed by atoms with E-state index in [1.54, 1.807) is 0 Å². The second-order valence-electron chi connectivity index (χ2n) is 6.38. The van der Waals surface area contributed by atoms with Gasteiger partial charge in [0.15, 0.2) is 5.16 Å². The summed E-state index contributed by atoms with van der Waals surface area (Å²) in [6.45, 7) is 6.59. The number of hydrogen-bond donors (Lipinski definition) is 1. The van der Waals surface area contributed by atoms with Gasteiger partial charge in [-0.25, -0.2) is 4.98 Å². The summed E-state index contributed by atoms with van der Waals surface area (Å²) in [7, 11) is 0. The Morgan fingerprint density at radius 2 is 2.27 bits per heavy atom. The maximum absolute atomic E-state index is 12.1. The molecule has 0 bridgehead atoms. The highest BCUT2D eigenvalue weighted by Gasteiger charge is 2.33. The Hall–Kier alpha value is -1.30. The van der Waals surface area contributed by atoms with E-state index in [0.29, 0.717) is 22.9 Å². The van der Waals surface area contributed by atoms with Crippen LogP contribution in [0.2, 0.25) is 0 Å². The lowest BCUT2D eigenvalue weighted by molar-refractivity contribution is -0.152. The second-order valence-corrected chi connectivity index (χ2v) is 7.35. The van der Waals surface area contributed by atoms with Crippen molar-refractivity contribution >= 4 is 17.7 Å². The SMILES string of the molecule is CC(C)[C@@H]1CC[C@@H](C)C[C@@H]1OC(=O)CSc1nccc(=O)[nH]1. The molecule has 3 atom stereocenters. The smallest absolute Gasteiger partial charge is 0.316 e. The molecule has 0 amide bonds. The van der Waals surface area contributed by atoms with Crippen molar-refractivity contribution < 1.29 is 9.53 Å². The predicted octanol–water partition coefficient (Wildman–Crippen LogP) is 2.87. The Balaban J connectivity index is 1.88. The van der Waals surface area contributed by atoms with E-state index in [9.17, 15) is 9.59 Å². The lowest BCUT2D eigenvalue weighted by Crippen LogP contribution is -2.36. The highest BCUT2D eigenvalue weighted by Crippen LogP contribution is 2.35. The number of nitrogens with zero attached hydrogens (tertiary/aromatic N) is 1. The van der Waals surface area contributed by atoms with Gasteiger partial charge in [-0.2, -0.15) is 0 Å². The van der Waals surface area contributed by atoms with E-state index in [-0.39, 0.29) is 23.4 Å². The van der Waals surface area contributed by atoms with Crippen LogP contribution in [-0.4, -0.2) is 27.8 Å². The number of thioether (sulfide) groups is 1. The molecule has 0 radical (unpaired) electrons. The van der Waals surface area contributed by atoms with Gasteiger partial charge in [-0.15, -0.1) is 0 Å². The number of aromatic amines is 1. The van der Waals surface area contributed by atoms with Crippen LogP contribution >= 0.6 is 11.8 Å². The summed E-state index contributed by atoms with van der Waals surface area (Å²) in [5.41, 5.74) is -0.216. The Morgan fingerprint density at radius 3 is 2.95 bits per heavy atom. The second kappa shape index (κ2) is 7.81. The minimum absolute atomic E-state index is 0.0135. The van der Waals surface area contributed by atoms with Gasteiger partial charge in [-0.05, 0) is 30.6 Å². The van der Waals surface area contributed by atoms with Crippen LogP contribution in [0, 0.1) is 17.8 Å². The first-order valence-corrected chi connectivity index (χ1v) is 8.82. The van der Waals surface area contributed by atoms with Crippen LogP contribution in [0.5, 0.6) is 0 Å². The fourth-order valence-electron chi connectivity index (χ4n) is 3.01. The van der Waals surface area contributed by atoms with Crippen molar-refractivity contribution in [3.63, 3.8) is 0 Å². The van der Waals surface area contributed by atoms with Crippen molar-refractivity contribution in [1.29, 1.82) is 0 Å². The normalized spacial score (nSPS) is 25.2. The minimum Gasteiger partial charge on any atom is -0.461 e. The van der Waals surface area contributed by atoms with Gasteiger partial charge in [0.05, 0.1) is 5.75 Å². The Morgan fingerprint density at radius 1 is 1.50 bits per heavy atom. The molecule has 2 rings (SSSR count). The molecule has 1 aromatic rings. The molecule has 0 aliphatic heterocycles. The van der Waals surface area contributed by atoms with Crippen molar-refractivity contribution in [3.05, 3.63) is 22.6 Å². The molecule has 0 spiro atoms. The lowest BCUT2D eigenvalue weighted by atomic mass is 9.75. The number of rotatable bonds is 5. The summed E-state index contributed by atoms with van der Waals surface area (Å²) < 4.78 is 5.71. The molecular formula is C16H24N2O3S. The molecule has 1 aliphatic carbocycles. The highest BCUT2D eigenvalue weighted by molar-refractivity contribution is 7.99. The van der Waals surface area contributed by atoms with Crippen LogP contribution in [0.15, 0.2) is 22.2 Å². The monoisotopic (exact) mass is 324 g/mol. The first-order valence-electron chi connectivity index (χ1n) is 7.83. The summed E-state index contributed by atoms with van der Waals surface area (Å²) in [6, 6.07) is 1.35. The number of ether oxygens (including phenoxy) is 1. The molecule has 1 heterocycles. The largest absolute Gasteiger partial charge is 0.461 e. The van der Waals surface area contributed by atoms with E-state index < -0.39 is 0 Å². The van der Waals surface area contributed by atoms with Gasteiger partial charge in [0, 0.05) is 12.3 Å². The average molecular weight is 324 g/mol. The van der Waals surface area contributed by atoms with E-state index >= 15 is 0 Å². The van der Waals surface area contributed by atoms with Crippen LogP contribution < -0.4 is 5.56 Å². The summed E-state index contributed by atoms with van der Waals surface area (Å²) in [5, 5.41) is 0.446. The van der Waals surface area contributed by atoms with Gasteiger partial charge in [-0.1, -0.05) is 39.0 Å². The van der Waals surface area contributed by atoms with E-state index in [2.05, 4.69) is 30.7 Å². The van der Waals surface area contributed by atoms with Gasteiger partial charge in [0.1, 0.15) is 6.10 Å². The van der Waals surface area contributed by atoms with Gasteiger partial charge in [-0.3, -0.25) is 9.59 Å². The molecule has 5 nitrogen and oxygen atoms in total. The predicted molar refractivity (Wildman–Crippen MR) is 86.8 cm³/mol. The zero-order valence-electron chi connectivity index (χ0n) is 13.4. The fraction of sp³-hybridized carbons (Fsp3) is 0.688. The van der Waals surface area contributed by atoms with Gasteiger partial charge >= 0.3 is 5.97 Å². The maximum Gasteiger partial charge on any atom is 0.316 e. The van der Waals surface area contributed by atoms with Crippen LogP contribution in [0.1, 0.15) is 40.0 Å². The molecule has 0 unspecified atom stereocenters. The van der Waals surface area contributed by atoms with Crippen LogP contribution in [-0.2, 0) is 9.53 Å². The molecule has 1 aliphatic rings. The molecule has 6 heteroatoms. The number of carbonyl (C=O) groups is 1. The maximum atomic E-state index is 12.1. The standard InChI is InChI=1S/C16H24N2O3S/c1-10(2)12-5-4-11(3)8-13(12)21-15(20)9-22-16-17-7-6-14(19)18-16/h6-7,10-13H,4-5,8-9H2,1-3H3,(H,17,18,19)/t11-,12+,13+/m1/s1. The van der Waals surface area contributed by atoms with Crippen molar-refractivity contribution in [2.24, 2.45) is 17.8 Å². The molecule has 1 N–H and O–H groups in total. The fourth-order valence-corrected chi connectivity index (χ4v) is 3.64. The number of nitrogens with one attached hydrogen (secondary N) is 1. The third-order valence-corrected chi connectivity index (χ3v) is 5.08. The van der Waals surface area contributed by atoms with Crippen molar-refractivity contribution in [2.75, 3.05) is 5.75 Å². The zero-order valence-corrected chi connectivity index (χ0v) is 14.2. The molecule has 1 fully saturated rings. The Labute approximate surface area is 135 Å². The summed E-state index contributed by atoms with van der Waals surface area (Å²) in [4.78, 5) is 29.9. The van der Waals surface area contributed by atoms with E-state index in [4.69, 9.17) is 4.74 Å². The molecule has 1 saturated carbocycles. The quantitative estimate of drug-likeness (QED) is 0.512. The molecule has 1 aromatic heterocycles. The Kier molecular flexibility index (Phi) is 6.06. The molecule has 0 saturated heterocycles. The van der Waals surface area contributed by atoms with Crippen molar-refractivity contribution in [1.82, 2.24) is 9.97 Å². The third kappa shape index (κ3) is 4.87. The average Bonchev–Trinajstić information content (AvgIpc) is 2.45. The lowest BCUT2D eigenvalue weighted by Gasteiger charge is -2.36. The number of aromatic nitrogens is 2. The first kappa shape index (κ1) is 17.1. The molecular weight excluding hydrogens is 300 g/mol. The molecule has 0 aromatic carbocycles. The summed E-state index contributed by atoms with van der Waals surface area (Å²) in [6.07, 6.45) is 4.72. The van der Waals surface area contributed by atoms with Crippen LogP contribution in [0.25, 0.3) is 0 Å². The number of hydrogen-bond acceptors (Lipinski definition) is 5. The number of esters is 1. The number of H-pyrrole nitrogens is 1. The molecule has 22 heavy (non-hydrogen) atoms. The third-order valence-electron chi connectivity index (χ3n) is 4.22.